The van der Waals surface area contributed by atoms with Crippen LogP contribution in [-0.2, 0) is 9.47 Å². The van der Waals surface area contributed by atoms with E-state index in [4.69, 9.17) is 9.47 Å². The molecule has 100 valence electrons. The molecule has 1 aromatic carbocycles. The molecule has 1 N–H and O–H groups in total. The lowest BCUT2D eigenvalue weighted by atomic mass is 10.1. The van der Waals surface area contributed by atoms with Gasteiger partial charge in [-0.1, -0.05) is 12.1 Å². The molecular formula is C14H20FNO2. The molecule has 3 nitrogen and oxygen atoms in total. The summed E-state index contributed by atoms with van der Waals surface area (Å²) in [5.41, 5.74) is 0.885. The first-order valence-electron chi connectivity index (χ1n) is 6.43. The van der Waals surface area contributed by atoms with Gasteiger partial charge in [0, 0.05) is 19.8 Å². The number of benzene rings is 1. The van der Waals surface area contributed by atoms with Gasteiger partial charge in [-0.05, 0) is 37.6 Å². The first-order chi connectivity index (χ1) is 8.79. The highest BCUT2D eigenvalue weighted by atomic mass is 19.1. The highest BCUT2D eigenvalue weighted by Crippen LogP contribution is 2.23. The number of halogens is 1. The molecular weight excluding hydrogens is 233 g/mol. The van der Waals surface area contributed by atoms with E-state index in [1.807, 2.05) is 13.1 Å². The smallest absolute Gasteiger partial charge is 0.123 e. The molecule has 1 saturated heterocycles. The van der Waals surface area contributed by atoms with E-state index in [1.165, 1.54) is 6.07 Å². The Morgan fingerprint density at radius 1 is 1.44 bits per heavy atom. The number of hydrogen-bond donors (Lipinski definition) is 1. The fraction of sp³-hybridized carbons (Fsp3) is 0.571. The van der Waals surface area contributed by atoms with Gasteiger partial charge in [0.25, 0.3) is 0 Å². The van der Waals surface area contributed by atoms with Crippen LogP contribution in [-0.4, -0.2) is 32.9 Å². The number of likely N-dealkylation sites (N-methyl/N-ethyl adjacent to an activating group) is 1. The normalized spacial score (nSPS) is 18.8. The van der Waals surface area contributed by atoms with Gasteiger partial charge in [0.05, 0.1) is 12.2 Å². The molecule has 1 aliphatic rings. The summed E-state index contributed by atoms with van der Waals surface area (Å²) in [6, 6.07) is 6.63. The van der Waals surface area contributed by atoms with Crippen molar-refractivity contribution >= 4 is 0 Å². The van der Waals surface area contributed by atoms with Crippen LogP contribution in [0.1, 0.15) is 24.5 Å². The third-order valence-corrected chi connectivity index (χ3v) is 3.14. The lowest BCUT2D eigenvalue weighted by Crippen LogP contribution is -2.29. The van der Waals surface area contributed by atoms with Gasteiger partial charge < -0.3 is 14.8 Å². The molecule has 0 saturated carbocycles. The Morgan fingerprint density at radius 3 is 2.89 bits per heavy atom. The lowest BCUT2D eigenvalue weighted by Gasteiger charge is -2.28. The Morgan fingerprint density at radius 2 is 2.22 bits per heavy atom. The van der Waals surface area contributed by atoms with Crippen LogP contribution in [0, 0.1) is 5.82 Å². The van der Waals surface area contributed by atoms with Crippen molar-refractivity contribution in [3.05, 3.63) is 35.6 Å². The third kappa shape index (κ3) is 3.77. The average Bonchev–Trinajstić information content (AvgIpc) is 2.39. The summed E-state index contributed by atoms with van der Waals surface area (Å²) in [5, 5.41) is 3.10. The minimum absolute atomic E-state index is 0.103. The van der Waals surface area contributed by atoms with E-state index in [-0.39, 0.29) is 18.0 Å². The van der Waals surface area contributed by atoms with Crippen molar-refractivity contribution in [2.24, 2.45) is 0 Å². The molecule has 0 amide bonds. The fourth-order valence-corrected chi connectivity index (χ4v) is 2.18. The number of rotatable bonds is 5. The zero-order valence-electron chi connectivity index (χ0n) is 10.7. The van der Waals surface area contributed by atoms with Gasteiger partial charge in [-0.25, -0.2) is 4.39 Å². The van der Waals surface area contributed by atoms with E-state index < -0.39 is 0 Å². The molecule has 0 aliphatic carbocycles. The van der Waals surface area contributed by atoms with E-state index in [9.17, 15) is 4.39 Å². The topological polar surface area (TPSA) is 30.5 Å². The summed E-state index contributed by atoms with van der Waals surface area (Å²) in [5.74, 6) is -0.218. The summed E-state index contributed by atoms with van der Waals surface area (Å²) in [4.78, 5) is 0. The Hall–Kier alpha value is -0.970. The van der Waals surface area contributed by atoms with E-state index >= 15 is 0 Å². The molecule has 2 rings (SSSR count). The molecule has 1 unspecified atom stereocenters. The second-order valence-electron chi connectivity index (χ2n) is 4.55. The Kier molecular flexibility index (Phi) is 5.11. The third-order valence-electron chi connectivity index (χ3n) is 3.14. The predicted molar refractivity (Wildman–Crippen MR) is 68.0 cm³/mol. The maximum atomic E-state index is 13.3. The molecule has 18 heavy (non-hydrogen) atoms. The van der Waals surface area contributed by atoms with Gasteiger partial charge in [-0.2, -0.15) is 0 Å². The molecule has 4 heteroatoms. The molecule has 1 aliphatic heterocycles. The SMILES string of the molecule is CNCC(OC1CCOCC1)c1cccc(F)c1. The number of hydrogen-bond acceptors (Lipinski definition) is 3. The van der Waals surface area contributed by atoms with Crippen LogP contribution in [0.25, 0.3) is 0 Å². The maximum Gasteiger partial charge on any atom is 0.123 e. The van der Waals surface area contributed by atoms with Crippen molar-refractivity contribution < 1.29 is 13.9 Å². The monoisotopic (exact) mass is 253 g/mol. The van der Waals surface area contributed by atoms with Crippen LogP contribution >= 0.6 is 0 Å². The molecule has 0 bridgehead atoms. The lowest BCUT2D eigenvalue weighted by molar-refractivity contribution is -0.0685. The largest absolute Gasteiger partial charge is 0.381 e. The van der Waals surface area contributed by atoms with Crippen molar-refractivity contribution in [1.82, 2.24) is 5.32 Å². The van der Waals surface area contributed by atoms with Crippen molar-refractivity contribution in [3.63, 3.8) is 0 Å². The zero-order chi connectivity index (χ0) is 12.8. The van der Waals surface area contributed by atoms with Crippen LogP contribution in [0.3, 0.4) is 0 Å². The van der Waals surface area contributed by atoms with E-state index in [2.05, 4.69) is 5.32 Å². The Balaban J connectivity index is 2.02. The molecule has 0 aromatic heterocycles. The van der Waals surface area contributed by atoms with Crippen molar-refractivity contribution in [2.45, 2.75) is 25.0 Å². The van der Waals surface area contributed by atoms with Crippen molar-refractivity contribution in [2.75, 3.05) is 26.8 Å². The Labute approximate surface area is 107 Å². The maximum absolute atomic E-state index is 13.3. The molecule has 0 radical (unpaired) electrons. The molecule has 1 fully saturated rings. The van der Waals surface area contributed by atoms with Gasteiger partial charge in [-0.15, -0.1) is 0 Å². The summed E-state index contributed by atoms with van der Waals surface area (Å²) in [7, 11) is 1.87. The zero-order valence-corrected chi connectivity index (χ0v) is 10.7. The second kappa shape index (κ2) is 6.83. The second-order valence-corrected chi connectivity index (χ2v) is 4.55. The summed E-state index contributed by atoms with van der Waals surface area (Å²) in [6.07, 6.45) is 1.93. The van der Waals surface area contributed by atoms with Crippen LogP contribution in [0.2, 0.25) is 0 Å². The molecule has 1 atom stereocenters. The van der Waals surface area contributed by atoms with Crippen molar-refractivity contribution in [3.8, 4) is 0 Å². The molecule has 1 heterocycles. The van der Waals surface area contributed by atoms with E-state index in [0.717, 1.165) is 31.6 Å². The van der Waals surface area contributed by atoms with Gasteiger partial charge in [-0.3, -0.25) is 0 Å². The number of nitrogens with one attached hydrogen (secondary N) is 1. The minimum atomic E-state index is -0.218. The van der Waals surface area contributed by atoms with Crippen LogP contribution in [0.5, 0.6) is 0 Å². The van der Waals surface area contributed by atoms with Crippen LogP contribution in [0.15, 0.2) is 24.3 Å². The summed E-state index contributed by atoms with van der Waals surface area (Å²) >= 11 is 0. The van der Waals surface area contributed by atoms with Crippen molar-refractivity contribution in [1.29, 1.82) is 0 Å². The average molecular weight is 253 g/mol. The van der Waals surface area contributed by atoms with E-state index in [1.54, 1.807) is 12.1 Å². The Bertz CT molecular complexity index is 367. The summed E-state index contributed by atoms with van der Waals surface area (Å²) in [6.45, 7) is 2.18. The van der Waals surface area contributed by atoms with Gasteiger partial charge in [0.1, 0.15) is 5.82 Å². The first kappa shape index (κ1) is 13.5. The summed E-state index contributed by atoms with van der Waals surface area (Å²) < 4.78 is 24.6. The highest BCUT2D eigenvalue weighted by Gasteiger charge is 2.20. The minimum Gasteiger partial charge on any atom is -0.381 e. The van der Waals surface area contributed by atoms with Crippen LogP contribution < -0.4 is 5.32 Å². The molecule has 1 aromatic rings. The first-order valence-corrected chi connectivity index (χ1v) is 6.43. The predicted octanol–water partition coefficient (Wildman–Crippen LogP) is 2.28. The standard InChI is InChI=1S/C14H20FNO2/c1-16-10-14(11-3-2-4-12(15)9-11)18-13-5-7-17-8-6-13/h2-4,9,13-14,16H,5-8,10H2,1H3. The van der Waals surface area contributed by atoms with E-state index in [0.29, 0.717) is 6.54 Å². The number of ether oxygens (including phenoxy) is 2. The van der Waals surface area contributed by atoms with Gasteiger partial charge in [0.2, 0.25) is 0 Å². The highest BCUT2D eigenvalue weighted by molar-refractivity contribution is 5.19. The molecule has 0 spiro atoms. The van der Waals surface area contributed by atoms with Gasteiger partial charge in [0.15, 0.2) is 0 Å². The van der Waals surface area contributed by atoms with Gasteiger partial charge >= 0.3 is 0 Å². The van der Waals surface area contributed by atoms with Crippen LogP contribution in [0.4, 0.5) is 4.39 Å². The fourth-order valence-electron chi connectivity index (χ4n) is 2.18. The quantitative estimate of drug-likeness (QED) is 0.873.